The largest absolute Gasteiger partial charge is 0.338 e. The van der Waals surface area contributed by atoms with Crippen LogP contribution >= 0.6 is 0 Å². The molecule has 2 aromatic carbocycles. The second kappa shape index (κ2) is 6.85. The van der Waals surface area contributed by atoms with Gasteiger partial charge in [0.1, 0.15) is 0 Å². The first-order valence-corrected chi connectivity index (χ1v) is 10.5. The van der Waals surface area contributed by atoms with E-state index >= 15 is 0 Å². The fraction of sp³-hybridized carbons (Fsp3) is 0.350. The van der Waals surface area contributed by atoms with Crippen molar-refractivity contribution >= 4 is 15.7 Å². The third-order valence-corrected chi connectivity index (χ3v) is 7.01. The van der Waals surface area contributed by atoms with Gasteiger partial charge in [0.2, 0.25) is 0 Å². The molecule has 2 fully saturated rings. The average Bonchev–Trinajstić information content (AvgIpc) is 3.24. The summed E-state index contributed by atoms with van der Waals surface area (Å²) >= 11 is 0. The van der Waals surface area contributed by atoms with Crippen LogP contribution in [0, 0.1) is 11.8 Å². The van der Waals surface area contributed by atoms with Crippen molar-refractivity contribution in [1.82, 2.24) is 10.2 Å². The maximum Gasteiger partial charge on any atom is 0.253 e. The first-order valence-electron chi connectivity index (χ1n) is 8.90. The molecule has 2 saturated heterocycles. The second-order valence-electron chi connectivity index (χ2n) is 7.16. The van der Waals surface area contributed by atoms with E-state index in [4.69, 9.17) is 0 Å². The number of nitrogens with zero attached hydrogens (tertiary/aromatic N) is 1. The Morgan fingerprint density at radius 2 is 1.69 bits per heavy atom. The normalized spacial score (nSPS) is 22.4. The number of benzene rings is 2. The number of carbonyl (C=O) groups is 1. The Kier molecular flexibility index (Phi) is 4.54. The fourth-order valence-corrected chi connectivity index (χ4v) is 5.29. The zero-order chi connectivity index (χ0) is 18.1. The Morgan fingerprint density at radius 1 is 1.00 bits per heavy atom. The molecule has 5 nitrogen and oxygen atoms in total. The van der Waals surface area contributed by atoms with E-state index < -0.39 is 9.84 Å². The van der Waals surface area contributed by atoms with Crippen LogP contribution in [0.15, 0.2) is 59.5 Å². The van der Waals surface area contributed by atoms with Gasteiger partial charge in [0.15, 0.2) is 9.84 Å². The van der Waals surface area contributed by atoms with E-state index in [0.29, 0.717) is 27.9 Å². The number of fused-ring (bicyclic) bond motifs is 1. The second-order valence-corrected chi connectivity index (χ2v) is 9.15. The fourth-order valence-electron chi connectivity index (χ4n) is 3.93. The van der Waals surface area contributed by atoms with Gasteiger partial charge in [-0.2, -0.15) is 0 Å². The summed E-state index contributed by atoms with van der Waals surface area (Å²) in [7, 11) is -3.42. The molecule has 2 heterocycles. The third-order valence-electron chi connectivity index (χ3n) is 5.31. The standard InChI is InChI=1S/C20H22N2O3S/c23-20(22-12-17-10-21-11-18(17)13-22)16-6-4-5-15(9-16)14-26(24,25)19-7-2-1-3-8-19/h1-9,17-18,21H,10-14H2/t17-,18+. The number of carbonyl (C=O) groups excluding carboxylic acids is 1. The number of nitrogens with one attached hydrogen (secondary N) is 1. The summed E-state index contributed by atoms with van der Waals surface area (Å²) in [6, 6.07) is 15.4. The molecule has 0 aromatic heterocycles. The summed E-state index contributed by atoms with van der Waals surface area (Å²) in [6.45, 7) is 3.51. The molecule has 1 amide bonds. The lowest BCUT2D eigenvalue weighted by molar-refractivity contribution is 0.0781. The van der Waals surface area contributed by atoms with Crippen LogP contribution in [-0.2, 0) is 15.6 Å². The van der Waals surface area contributed by atoms with Gasteiger partial charge in [-0.05, 0) is 41.7 Å². The van der Waals surface area contributed by atoms with Crippen LogP contribution in [0.25, 0.3) is 0 Å². The van der Waals surface area contributed by atoms with Crippen molar-refractivity contribution in [3.63, 3.8) is 0 Å². The predicted molar refractivity (Wildman–Crippen MR) is 99.5 cm³/mol. The Labute approximate surface area is 153 Å². The molecule has 1 N–H and O–H groups in total. The minimum Gasteiger partial charge on any atom is -0.338 e. The van der Waals surface area contributed by atoms with Crippen LogP contribution in [-0.4, -0.2) is 45.4 Å². The average molecular weight is 370 g/mol. The SMILES string of the molecule is O=C(c1cccc(CS(=O)(=O)c2ccccc2)c1)N1C[C@H]2CNC[C@H]2C1. The molecular formula is C20H22N2O3S. The maximum absolute atomic E-state index is 12.8. The number of likely N-dealkylation sites (tertiary alicyclic amines) is 1. The first-order chi connectivity index (χ1) is 12.5. The van der Waals surface area contributed by atoms with Crippen LogP contribution in [0.3, 0.4) is 0 Å². The maximum atomic E-state index is 12.8. The molecule has 2 aliphatic heterocycles. The van der Waals surface area contributed by atoms with Crippen LogP contribution < -0.4 is 5.32 Å². The van der Waals surface area contributed by atoms with Gasteiger partial charge in [-0.15, -0.1) is 0 Å². The zero-order valence-electron chi connectivity index (χ0n) is 14.5. The van der Waals surface area contributed by atoms with Gasteiger partial charge >= 0.3 is 0 Å². The molecule has 26 heavy (non-hydrogen) atoms. The summed E-state index contributed by atoms with van der Waals surface area (Å²) in [6.07, 6.45) is 0. The number of hydrogen-bond donors (Lipinski definition) is 1. The van der Waals surface area contributed by atoms with Gasteiger partial charge in [0.05, 0.1) is 10.6 Å². The van der Waals surface area contributed by atoms with Gasteiger partial charge in [-0.25, -0.2) is 8.42 Å². The quantitative estimate of drug-likeness (QED) is 0.893. The van der Waals surface area contributed by atoms with Crippen LogP contribution in [0.1, 0.15) is 15.9 Å². The highest BCUT2D eigenvalue weighted by molar-refractivity contribution is 7.90. The highest BCUT2D eigenvalue weighted by Gasteiger charge is 2.38. The van der Waals surface area contributed by atoms with E-state index in [2.05, 4.69) is 5.32 Å². The van der Waals surface area contributed by atoms with E-state index in [1.165, 1.54) is 0 Å². The van der Waals surface area contributed by atoms with E-state index in [9.17, 15) is 13.2 Å². The van der Waals surface area contributed by atoms with Crippen molar-refractivity contribution in [2.75, 3.05) is 26.2 Å². The van der Waals surface area contributed by atoms with E-state index in [-0.39, 0.29) is 11.7 Å². The lowest BCUT2D eigenvalue weighted by Gasteiger charge is -2.18. The van der Waals surface area contributed by atoms with Gasteiger partial charge in [0.25, 0.3) is 5.91 Å². The lowest BCUT2D eigenvalue weighted by atomic mass is 10.0. The van der Waals surface area contributed by atoms with Crippen molar-refractivity contribution in [3.05, 3.63) is 65.7 Å². The van der Waals surface area contributed by atoms with Crippen molar-refractivity contribution in [1.29, 1.82) is 0 Å². The van der Waals surface area contributed by atoms with Crippen molar-refractivity contribution in [2.24, 2.45) is 11.8 Å². The highest BCUT2D eigenvalue weighted by Crippen LogP contribution is 2.27. The molecule has 0 spiro atoms. The molecule has 2 aliphatic rings. The van der Waals surface area contributed by atoms with E-state index in [1.54, 1.807) is 54.6 Å². The number of rotatable bonds is 4. The third kappa shape index (κ3) is 3.39. The van der Waals surface area contributed by atoms with Crippen molar-refractivity contribution in [2.45, 2.75) is 10.6 Å². The number of sulfone groups is 1. The molecule has 136 valence electrons. The van der Waals surface area contributed by atoms with E-state index in [1.807, 2.05) is 4.90 Å². The minimum atomic E-state index is -3.42. The molecule has 0 saturated carbocycles. The zero-order valence-corrected chi connectivity index (χ0v) is 15.3. The van der Waals surface area contributed by atoms with Gasteiger partial charge in [0, 0.05) is 31.7 Å². The Balaban J connectivity index is 1.51. The molecule has 0 bridgehead atoms. The molecule has 2 aromatic rings. The van der Waals surface area contributed by atoms with Gasteiger partial charge in [-0.3, -0.25) is 4.79 Å². The summed E-state index contributed by atoms with van der Waals surface area (Å²) < 4.78 is 25.1. The van der Waals surface area contributed by atoms with Crippen LogP contribution in [0.2, 0.25) is 0 Å². The van der Waals surface area contributed by atoms with Crippen molar-refractivity contribution in [3.8, 4) is 0 Å². The van der Waals surface area contributed by atoms with E-state index in [0.717, 1.165) is 26.2 Å². The summed E-state index contributed by atoms with van der Waals surface area (Å²) in [5.74, 6) is 0.979. The summed E-state index contributed by atoms with van der Waals surface area (Å²) in [4.78, 5) is 15.0. The monoisotopic (exact) mass is 370 g/mol. The van der Waals surface area contributed by atoms with Crippen molar-refractivity contribution < 1.29 is 13.2 Å². The smallest absolute Gasteiger partial charge is 0.253 e. The number of amides is 1. The summed E-state index contributed by atoms with van der Waals surface area (Å²) in [5.41, 5.74) is 1.21. The molecule has 2 atom stereocenters. The topological polar surface area (TPSA) is 66.5 Å². The lowest BCUT2D eigenvalue weighted by Crippen LogP contribution is -2.31. The molecule has 0 unspecified atom stereocenters. The highest BCUT2D eigenvalue weighted by atomic mass is 32.2. The van der Waals surface area contributed by atoms with Crippen LogP contribution in [0.5, 0.6) is 0 Å². The molecule has 0 radical (unpaired) electrons. The molecule has 0 aliphatic carbocycles. The molecule has 4 rings (SSSR count). The molecular weight excluding hydrogens is 348 g/mol. The predicted octanol–water partition coefficient (Wildman–Crippen LogP) is 1.95. The summed E-state index contributed by atoms with van der Waals surface area (Å²) in [5, 5.41) is 3.37. The van der Waals surface area contributed by atoms with Gasteiger partial charge < -0.3 is 10.2 Å². The van der Waals surface area contributed by atoms with Gasteiger partial charge in [-0.1, -0.05) is 30.3 Å². The minimum absolute atomic E-state index is 0.00152. The first kappa shape index (κ1) is 17.2. The Morgan fingerprint density at radius 3 is 2.38 bits per heavy atom. The Bertz CT molecular complexity index is 900. The molecule has 6 heteroatoms. The van der Waals surface area contributed by atoms with Crippen LogP contribution in [0.4, 0.5) is 0 Å². The number of hydrogen-bond acceptors (Lipinski definition) is 4. The Hall–Kier alpha value is -2.18.